The lowest BCUT2D eigenvalue weighted by Crippen LogP contribution is -2.18. The molecule has 0 fully saturated rings. The number of ether oxygens (including phenoxy) is 1. The normalized spacial score (nSPS) is 10.2. The molecular formula is C13H9Cl2NO3. The zero-order valence-corrected chi connectivity index (χ0v) is 11.2. The number of pyridine rings is 1. The summed E-state index contributed by atoms with van der Waals surface area (Å²) in [6.07, 6.45) is 1.43. The first kappa shape index (κ1) is 13.6. The molecule has 1 aromatic carbocycles. The number of hydrogen-bond donors (Lipinski definition) is 1. The number of halogens is 2. The molecule has 0 saturated carbocycles. The summed E-state index contributed by atoms with van der Waals surface area (Å²) in [5.41, 5.74) is -0.0602. The van der Waals surface area contributed by atoms with Crippen molar-refractivity contribution in [3.63, 3.8) is 0 Å². The molecule has 0 aliphatic rings. The molecule has 19 heavy (non-hydrogen) atoms. The number of aromatic amines is 1. The van der Waals surface area contributed by atoms with Gasteiger partial charge in [0.1, 0.15) is 12.2 Å². The molecule has 0 amide bonds. The van der Waals surface area contributed by atoms with E-state index in [1.807, 2.05) is 0 Å². The molecule has 0 radical (unpaired) electrons. The van der Waals surface area contributed by atoms with Crippen LogP contribution in [0.15, 0.2) is 41.3 Å². The minimum Gasteiger partial charge on any atom is -0.457 e. The van der Waals surface area contributed by atoms with Crippen LogP contribution in [0.4, 0.5) is 0 Å². The Morgan fingerprint density at radius 1 is 1.16 bits per heavy atom. The van der Waals surface area contributed by atoms with E-state index in [0.717, 1.165) is 0 Å². The predicted octanol–water partition coefficient (Wildman–Crippen LogP) is 3.04. The highest BCUT2D eigenvalue weighted by Gasteiger charge is 2.13. The highest BCUT2D eigenvalue weighted by molar-refractivity contribution is 6.35. The van der Waals surface area contributed by atoms with Crippen LogP contribution in [-0.4, -0.2) is 11.0 Å². The summed E-state index contributed by atoms with van der Waals surface area (Å²) in [7, 11) is 0. The molecule has 0 unspecified atom stereocenters. The summed E-state index contributed by atoms with van der Waals surface area (Å²) >= 11 is 11.9. The van der Waals surface area contributed by atoms with E-state index in [1.165, 1.54) is 12.3 Å². The zero-order valence-electron chi connectivity index (χ0n) is 9.65. The predicted molar refractivity (Wildman–Crippen MR) is 72.6 cm³/mol. The maximum atomic E-state index is 11.7. The fraction of sp³-hybridized carbons (Fsp3) is 0.0769. The second-order valence-corrected chi connectivity index (χ2v) is 4.50. The van der Waals surface area contributed by atoms with Gasteiger partial charge in [-0.3, -0.25) is 4.79 Å². The Labute approximate surface area is 118 Å². The quantitative estimate of drug-likeness (QED) is 0.886. The van der Waals surface area contributed by atoms with Crippen LogP contribution in [0, 0.1) is 0 Å². The summed E-state index contributed by atoms with van der Waals surface area (Å²) < 4.78 is 5.03. The lowest BCUT2D eigenvalue weighted by molar-refractivity contribution is 0.0471. The Bertz CT molecular complexity index is 647. The first-order valence-corrected chi connectivity index (χ1v) is 6.13. The van der Waals surface area contributed by atoms with Crippen LogP contribution >= 0.6 is 23.2 Å². The number of nitrogens with one attached hydrogen (secondary N) is 1. The van der Waals surface area contributed by atoms with Crippen molar-refractivity contribution in [2.75, 3.05) is 0 Å². The Kier molecular flexibility index (Phi) is 4.24. The number of hydrogen-bond acceptors (Lipinski definition) is 3. The van der Waals surface area contributed by atoms with Gasteiger partial charge < -0.3 is 9.72 Å². The molecule has 6 heteroatoms. The summed E-state index contributed by atoms with van der Waals surface area (Å²) in [6, 6.07) is 7.91. The monoisotopic (exact) mass is 297 g/mol. The maximum Gasteiger partial charge on any atom is 0.344 e. The van der Waals surface area contributed by atoms with Crippen LogP contribution < -0.4 is 5.56 Å². The molecule has 4 nitrogen and oxygen atoms in total. The molecule has 0 atom stereocenters. The molecule has 0 bridgehead atoms. The van der Waals surface area contributed by atoms with Gasteiger partial charge in [-0.2, -0.15) is 0 Å². The SMILES string of the molecule is O=C(OCc1c(Cl)cccc1Cl)c1ccc[nH]c1=O. The second kappa shape index (κ2) is 5.91. The van der Waals surface area contributed by atoms with Crippen molar-refractivity contribution in [1.29, 1.82) is 0 Å². The van der Waals surface area contributed by atoms with Crippen molar-refractivity contribution < 1.29 is 9.53 Å². The smallest absolute Gasteiger partial charge is 0.344 e. The molecule has 2 rings (SSSR count). The average molecular weight is 298 g/mol. The fourth-order valence-electron chi connectivity index (χ4n) is 1.47. The van der Waals surface area contributed by atoms with E-state index >= 15 is 0 Å². The first-order chi connectivity index (χ1) is 9.09. The van der Waals surface area contributed by atoms with E-state index in [0.29, 0.717) is 15.6 Å². The molecule has 1 heterocycles. The van der Waals surface area contributed by atoms with Gasteiger partial charge in [0.2, 0.25) is 0 Å². The third-order valence-electron chi connectivity index (χ3n) is 2.45. The van der Waals surface area contributed by atoms with Crippen molar-refractivity contribution in [3.05, 3.63) is 68.1 Å². The second-order valence-electron chi connectivity index (χ2n) is 3.69. The van der Waals surface area contributed by atoms with Crippen LogP contribution in [-0.2, 0) is 11.3 Å². The first-order valence-electron chi connectivity index (χ1n) is 5.37. The average Bonchev–Trinajstić information content (AvgIpc) is 2.38. The van der Waals surface area contributed by atoms with Gasteiger partial charge in [0.05, 0.1) is 0 Å². The van der Waals surface area contributed by atoms with E-state index in [2.05, 4.69) is 4.98 Å². The van der Waals surface area contributed by atoms with Gasteiger partial charge in [0, 0.05) is 21.8 Å². The summed E-state index contributed by atoms with van der Waals surface area (Å²) in [5.74, 6) is -0.724. The molecule has 98 valence electrons. The van der Waals surface area contributed by atoms with Gasteiger partial charge in [0.25, 0.3) is 5.56 Å². The van der Waals surface area contributed by atoms with Crippen LogP contribution in [0.1, 0.15) is 15.9 Å². The molecule has 0 aliphatic carbocycles. The van der Waals surface area contributed by atoms with Crippen LogP contribution in [0.2, 0.25) is 10.0 Å². The third-order valence-corrected chi connectivity index (χ3v) is 3.16. The Morgan fingerprint density at radius 3 is 2.47 bits per heavy atom. The van der Waals surface area contributed by atoms with Crippen molar-refractivity contribution in [3.8, 4) is 0 Å². The molecule has 0 saturated heterocycles. The van der Waals surface area contributed by atoms with Crippen molar-refractivity contribution in [1.82, 2.24) is 4.98 Å². The Balaban J connectivity index is 2.14. The molecule has 2 aromatic rings. The number of aromatic nitrogens is 1. The minimum absolute atomic E-state index is 0.0642. The lowest BCUT2D eigenvalue weighted by Gasteiger charge is -2.07. The van der Waals surface area contributed by atoms with Crippen LogP contribution in [0.25, 0.3) is 0 Å². The van der Waals surface area contributed by atoms with Gasteiger partial charge in [0.15, 0.2) is 0 Å². The Morgan fingerprint density at radius 2 is 1.84 bits per heavy atom. The van der Waals surface area contributed by atoms with Crippen molar-refractivity contribution in [2.24, 2.45) is 0 Å². The van der Waals surface area contributed by atoms with Gasteiger partial charge in [-0.1, -0.05) is 29.3 Å². The summed E-state index contributed by atoms with van der Waals surface area (Å²) in [6.45, 7) is -0.0916. The topological polar surface area (TPSA) is 59.2 Å². The summed E-state index contributed by atoms with van der Waals surface area (Å²) in [5, 5.41) is 0.810. The third kappa shape index (κ3) is 3.16. The van der Waals surface area contributed by atoms with E-state index in [-0.39, 0.29) is 12.2 Å². The number of carbonyl (C=O) groups is 1. The van der Waals surface area contributed by atoms with Gasteiger partial charge in [-0.05, 0) is 24.3 Å². The number of benzene rings is 1. The highest BCUT2D eigenvalue weighted by Crippen LogP contribution is 2.25. The lowest BCUT2D eigenvalue weighted by atomic mass is 10.2. The number of carbonyl (C=O) groups excluding carboxylic acids is 1. The standard InChI is InChI=1S/C13H9Cl2NO3/c14-10-4-1-5-11(15)9(10)7-19-13(18)8-3-2-6-16-12(8)17/h1-6H,7H2,(H,16,17). The van der Waals surface area contributed by atoms with Gasteiger partial charge in [-0.25, -0.2) is 4.79 Å². The fourth-order valence-corrected chi connectivity index (χ4v) is 1.97. The van der Waals surface area contributed by atoms with Crippen LogP contribution in [0.5, 0.6) is 0 Å². The van der Waals surface area contributed by atoms with E-state index in [9.17, 15) is 9.59 Å². The highest BCUT2D eigenvalue weighted by atomic mass is 35.5. The number of esters is 1. The van der Waals surface area contributed by atoms with Crippen LogP contribution in [0.3, 0.4) is 0 Å². The number of H-pyrrole nitrogens is 1. The molecule has 1 aromatic heterocycles. The zero-order chi connectivity index (χ0) is 13.8. The van der Waals surface area contributed by atoms with Crippen molar-refractivity contribution >= 4 is 29.2 Å². The minimum atomic E-state index is -0.724. The molecule has 0 spiro atoms. The molecule has 1 N–H and O–H groups in total. The van der Waals surface area contributed by atoms with Gasteiger partial charge in [-0.15, -0.1) is 0 Å². The van der Waals surface area contributed by atoms with E-state index in [1.54, 1.807) is 24.3 Å². The van der Waals surface area contributed by atoms with Gasteiger partial charge >= 0.3 is 5.97 Å². The molecule has 0 aliphatic heterocycles. The number of rotatable bonds is 3. The summed E-state index contributed by atoms with van der Waals surface area (Å²) in [4.78, 5) is 25.5. The molecular weight excluding hydrogens is 289 g/mol. The van der Waals surface area contributed by atoms with E-state index in [4.69, 9.17) is 27.9 Å². The maximum absolute atomic E-state index is 11.7. The Hall–Kier alpha value is -1.78. The van der Waals surface area contributed by atoms with E-state index < -0.39 is 11.5 Å². The largest absolute Gasteiger partial charge is 0.457 e. The van der Waals surface area contributed by atoms with Crippen molar-refractivity contribution in [2.45, 2.75) is 6.61 Å².